The molecule has 0 bridgehead atoms. The summed E-state index contributed by atoms with van der Waals surface area (Å²) < 4.78 is 5.29. The van der Waals surface area contributed by atoms with Crippen LogP contribution >= 0.6 is 11.6 Å². The minimum Gasteiger partial charge on any atom is -0.495 e. The smallest absolute Gasteiger partial charge is 0.241 e. The zero-order valence-corrected chi connectivity index (χ0v) is 13.7. The molecule has 1 amide bonds. The zero-order chi connectivity index (χ0) is 15.4. The number of rotatable bonds is 4. The first-order valence-corrected chi connectivity index (χ1v) is 7.79. The first kappa shape index (κ1) is 16.1. The van der Waals surface area contributed by atoms with Gasteiger partial charge in [-0.25, -0.2) is 0 Å². The lowest BCUT2D eigenvalue weighted by molar-refractivity contribution is -0.121. The maximum Gasteiger partial charge on any atom is 0.241 e. The predicted molar refractivity (Wildman–Crippen MR) is 86.3 cm³/mol. The molecule has 1 heterocycles. The fraction of sp³-hybridized carbons (Fsp3) is 0.562. The van der Waals surface area contributed by atoms with Gasteiger partial charge in [-0.3, -0.25) is 9.69 Å². The summed E-state index contributed by atoms with van der Waals surface area (Å²) in [5.41, 5.74) is 1.59. The third-order valence-corrected chi connectivity index (χ3v) is 4.46. The Morgan fingerprint density at radius 3 is 2.62 bits per heavy atom. The minimum absolute atomic E-state index is 0.00285. The van der Waals surface area contributed by atoms with Crippen LogP contribution < -0.4 is 10.1 Å². The van der Waals surface area contributed by atoms with Gasteiger partial charge in [-0.15, -0.1) is 0 Å². The van der Waals surface area contributed by atoms with Crippen molar-refractivity contribution in [3.63, 3.8) is 0 Å². The van der Waals surface area contributed by atoms with Gasteiger partial charge in [-0.1, -0.05) is 18.0 Å². The summed E-state index contributed by atoms with van der Waals surface area (Å²) in [5, 5.41) is 3.60. The summed E-state index contributed by atoms with van der Waals surface area (Å²) in [6.07, 6.45) is 3.59. The van der Waals surface area contributed by atoms with Crippen LogP contribution in [0.2, 0.25) is 5.02 Å². The first-order chi connectivity index (χ1) is 10.0. The Hall–Kier alpha value is -1.26. The summed E-state index contributed by atoms with van der Waals surface area (Å²) in [6.45, 7) is 5.85. The van der Waals surface area contributed by atoms with Gasteiger partial charge in [0.1, 0.15) is 5.75 Å². The van der Waals surface area contributed by atoms with Gasteiger partial charge in [-0.05, 0) is 51.4 Å². The first-order valence-electron chi connectivity index (χ1n) is 7.42. The Morgan fingerprint density at radius 1 is 1.33 bits per heavy atom. The molecule has 0 spiro atoms. The Balaban J connectivity index is 2.09. The number of nitrogens with zero attached hydrogens (tertiary/aromatic N) is 1. The maximum atomic E-state index is 12.4. The molecule has 1 unspecified atom stereocenters. The lowest BCUT2D eigenvalue weighted by atomic mass is 10.1. The normalized spacial score (nSPS) is 17.3. The van der Waals surface area contributed by atoms with Crippen molar-refractivity contribution in [3.8, 4) is 5.75 Å². The van der Waals surface area contributed by atoms with Crippen LogP contribution in [0.15, 0.2) is 12.1 Å². The lowest BCUT2D eigenvalue weighted by Crippen LogP contribution is -2.44. The number of halogens is 1. The molecular weight excluding hydrogens is 288 g/mol. The molecule has 21 heavy (non-hydrogen) atoms. The Kier molecular flexibility index (Phi) is 5.48. The van der Waals surface area contributed by atoms with Gasteiger partial charge in [0.25, 0.3) is 0 Å². The number of ether oxygens (including phenoxy) is 1. The van der Waals surface area contributed by atoms with Gasteiger partial charge >= 0.3 is 0 Å². The molecule has 1 fully saturated rings. The highest BCUT2D eigenvalue weighted by Crippen LogP contribution is 2.31. The van der Waals surface area contributed by atoms with Crippen molar-refractivity contribution in [1.29, 1.82) is 0 Å². The molecule has 116 valence electrons. The fourth-order valence-electron chi connectivity index (χ4n) is 2.64. The van der Waals surface area contributed by atoms with Crippen LogP contribution in [0, 0.1) is 6.92 Å². The molecule has 0 saturated carbocycles. The monoisotopic (exact) mass is 310 g/mol. The van der Waals surface area contributed by atoms with Crippen LogP contribution in [-0.2, 0) is 4.79 Å². The minimum atomic E-state index is -0.133. The van der Waals surface area contributed by atoms with E-state index < -0.39 is 0 Å². The van der Waals surface area contributed by atoms with Gasteiger partial charge in [-0.2, -0.15) is 0 Å². The van der Waals surface area contributed by atoms with Gasteiger partial charge in [0.2, 0.25) is 5.91 Å². The molecule has 0 aliphatic carbocycles. The summed E-state index contributed by atoms with van der Waals surface area (Å²) >= 11 is 6.08. The van der Waals surface area contributed by atoms with Crippen LogP contribution in [0.3, 0.4) is 0 Å². The quantitative estimate of drug-likeness (QED) is 0.926. The summed E-state index contributed by atoms with van der Waals surface area (Å²) in [4.78, 5) is 14.7. The van der Waals surface area contributed by atoms with Gasteiger partial charge < -0.3 is 10.1 Å². The molecule has 0 aromatic heterocycles. The van der Waals surface area contributed by atoms with E-state index in [1.807, 2.05) is 19.9 Å². The van der Waals surface area contributed by atoms with E-state index >= 15 is 0 Å². The van der Waals surface area contributed by atoms with Gasteiger partial charge in [0, 0.05) is 11.1 Å². The van der Waals surface area contributed by atoms with E-state index in [9.17, 15) is 4.79 Å². The van der Waals surface area contributed by atoms with Crippen LogP contribution in [0.5, 0.6) is 5.75 Å². The number of piperidine rings is 1. The van der Waals surface area contributed by atoms with Crippen LogP contribution in [0.4, 0.5) is 5.69 Å². The molecule has 4 nitrogen and oxygen atoms in total. The van der Waals surface area contributed by atoms with Crippen LogP contribution in [0.1, 0.15) is 31.7 Å². The number of likely N-dealkylation sites (tertiary alicyclic amines) is 1. The summed E-state index contributed by atoms with van der Waals surface area (Å²) in [7, 11) is 1.57. The fourth-order valence-corrected chi connectivity index (χ4v) is 2.79. The highest BCUT2D eigenvalue weighted by Gasteiger charge is 2.23. The van der Waals surface area contributed by atoms with Crippen molar-refractivity contribution < 1.29 is 9.53 Å². The topological polar surface area (TPSA) is 41.6 Å². The van der Waals surface area contributed by atoms with E-state index in [0.717, 1.165) is 18.7 Å². The molecule has 5 heteroatoms. The van der Waals surface area contributed by atoms with Crippen molar-refractivity contribution in [2.24, 2.45) is 0 Å². The highest BCUT2D eigenvalue weighted by molar-refractivity contribution is 6.31. The summed E-state index contributed by atoms with van der Waals surface area (Å²) in [6, 6.07) is 3.45. The largest absolute Gasteiger partial charge is 0.495 e. The number of carbonyl (C=O) groups excluding carboxylic acids is 1. The van der Waals surface area contributed by atoms with Crippen LogP contribution in [-0.4, -0.2) is 37.0 Å². The van der Waals surface area contributed by atoms with E-state index in [4.69, 9.17) is 16.3 Å². The SMILES string of the molecule is COc1cc(Cl)c(C)cc1NC(=O)C(C)N1CCCCC1. The second-order valence-electron chi connectivity index (χ2n) is 5.56. The van der Waals surface area contributed by atoms with E-state index in [-0.39, 0.29) is 11.9 Å². The zero-order valence-electron chi connectivity index (χ0n) is 12.9. The van der Waals surface area contributed by atoms with E-state index in [2.05, 4.69) is 10.2 Å². The van der Waals surface area contributed by atoms with Gasteiger partial charge in [0.05, 0.1) is 18.8 Å². The number of anilines is 1. The number of amides is 1. The number of hydrogen-bond acceptors (Lipinski definition) is 3. The Morgan fingerprint density at radius 2 is 2.00 bits per heavy atom. The molecule has 2 rings (SSSR count). The van der Waals surface area contributed by atoms with E-state index in [1.54, 1.807) is 13.2 Å². The van der Waals surface area contributed by atoms with Crippen LogP contribution in [0.25, 0.3) is 0 Å². The number of hydrogen-bond donors (Lipinski definition) is 1. The number of aryl methyl sites for hydroxylation is 1. The van der Waals surface area contributed by atoms with E-state index in [0.29, 0.717) is 16.5 Å². The molecule has 1 aliphatic heterocycles. The third kappa shape index (κ3) is 3.89. The average Bonchev–Trinajstić information content (AvgIpc) is 2.50. The number of methoxy groups -OCH3 is 1. The van der Waals surface area contributed by atoms with Crippen molar-refractivity contribution in [2.75, 3.05) is 25.5 Å². The van der Waals surface area contributed by atoms with Crippen molar-refractivity contribution in [3.05, 3.63) is 22.7 Å². The molecule has 1 N–H and O–H groups in total. The number of nitrogens with one attached hydrogen (secondary N) is 1. The van der Waals surface area contributed by atoms with E-state index in [1.165, 1.54) is 19.3 Å². The third-order valence-electron chi connectivity index (χ3n) is 4.06. The Bertz CT molecular complexity index is 513. The molecule has 1 atom stereocenters. The molecule has 1 saturated heterocycles. The second-order valence-corrected chi connectivity index (χ2v) is 5.97. The predicted octanol–water partition coefficient (Wildman–Crippen LogP) is 3.47. The maximum absolute atomic E-state index is 12.4. The standard InChI is InChI=1S/C16H23ClN2O2/c1-11-9-14(15(21-3)10-13(11)17)18-16(20)12(2)19-7-5-4-6-8-19/h9-10,12H,4-8H2,1-3H3,(H,18,20). The Labute approximate surface area is 131 Å². The molecular formula is C16H23ClN2O2. The highest BCUT2D eigenvalue weighted by atomic mass is 35.5. The molecule has 0 radical (unpaired) electrons. The van der Waals surface area contributed by atoms with Crippen molar-refractivity contribution in [2.45, 2.75) is 39.2 Å². The molecule has 1 aromatic rings. The van der Waals surface area contributed by atoms with Gasteiger partial charge in [0.15, 0.2) is 0 Å². The second kappa shape index (κ2) is 7.14. The summed E-state index contributed by atoms with van der Waals surface area (Å²) in [5.74, 6) is 0.585. The van der Waals surface area contributed by atoms with Crippen molar-refractivity contribution in [1.82, 2.24) is 4.90 Å². The average molecular weight is 311 g/mol. The van der Waals surface area contributed by atoms with Crippen molar-refractivity contribution >= 4 is 23.2 Å². The molecule has 1 aromatic carbocycles. The molecule has 1 aliphatic rings. The lowest BCUT2D eigenvalue weighted by Gasteiger charge is -2.31. The number of carbonyl (C=O) groups is 1. The number of benzene rings is 1.